The topological polar surface area (TPSA) is 72.5 Å². The van der Waals surface area contributed by atoms with E-state index in [4.69, 9.17) is 28.4 Å². The van der Waals surface area contributed by atoms with Gasteiger partial charge in [-0.05, 0) is 61.1 Å². The van der Waals surface area contributed by atoms with Crippen molar-refractivity contribution in [3.05, 3.63) is 35.4 Å². The summed E-state index contributed by atoms with van der Waals surface area (Å²) in [6.07, 6.45) is 6.27. The lowest BCUT2D eigenvalue weighted by Crippen LogP contribution is -2.28. The van der Waals surface area contributed by atoms with E-state index in [2.05, 4.69) is 0 Å². The van der Waals surface area contributed by atoms with Crippen LogP contribution in [0, 0.1) is 11.8 Å². The minimum absolute atomic E-state index is 0.0647. The Bertz CT molecular complexity index is 873. The first-order valence-corrected chi connectivity index (χ1v) is 12.1. The molecule has 1 fully saturated rings. The van der Waals surface area contributed by atoms with Gasteiger partial charge in [0.05, 0.1) is 42.7 Å². The molecular formula is C28H38O7. The Kier molecular flexibility index (Phi) is 9.52. The fraction of sp³-hybridized carbons (Fsp3) is 0.536. The Morgan fingerprint density at radius 1 is 0.571 bits per heavy atom. The number of hydrogen-bond acceptors (Lipinski definition) is 7. The first-order chi connectivity index (χ1) is 17.0. The Labute approximate surface area is 208 Å². The zero-order chi connectivity index (χ0) is 25.4. The average molecular weight is 487 g/mol. The summed E-state index contributed by atoms with van der Waals surface area (Å²) in [5, 5.41) is 0. The number of carbonyl (C=O) groups excluding carboxylic acids is 1. The van der Waals surface area contributed by atoms with Crippen molar-refractivity contribution in [2.75, 3.05) is 42.7 Å². The molecule has 192 valence electrons. The molecule has 0 saturated heterocycles. The summed E-state index contributed by atoms with van der Waals surface area (Å²) >= 11 is 0. The maximum Gasteiger partial charge on any atom is 0.203 e. The fourth-order valence-corrected chi connectivity index (χ4v) is 5.06. The molecule has 0 N–H and O–H groups in total. The van der Waals surface area contributed by atoms with Gasteiger partial charge in [-0.1, -0.05) is 19.3 Å². The molecule has 2 aromatic rings. The van der Waals surface area contributed by atoms with E-state index in [1.807, 2.05) is 24.3 Å². The quantitative estimate of drug-likeness (QED) is 0.452. The number of carbonyl (C=O) groups is 1. The summed E-state index contributed by atoms with van der Waals surface area (Å²) < 4.78 is 33.0. The van der Waals surface area contributed by atoms with Crippen LogP contribution >= 0.6 is 0 Å². The molecule has 2 atom stereocenters. The van der Waals surface area contributed by atoms with Gasteiger partial charge in [0.15, 0.2) is 23.0 Å². The van der Waals surface area contributed by atoms with E-state index in [1.165, 1.54) is 0 Å². The van der Waals surface area contributed by atoms with E-state index >= 15 is 0 Å². The summed E-state index contributed by atoms with van der Waals surface area (Å²) in [6, 6.07) is 7.78. The van der Waals surface area contributed by atoms with Crippen molar-refractivity contribution < 1.29 is 33.2 Å². The summed E-state index contributed by atoms with van der Waals surface area (Å²) in [5.74, 6) is 3.72. The van der Waals surface area contributed by atoms with Gasteiger partial charge in [0.25, 0.3) is 0 Å². The van der Waals surface area contributed by atoms with Crippen LogP contribution in [-0.4, -0.2) is 48.4 Å². The van der Waals surface area contributed by atoms with Gasteiger partial charge in [0, 0.05) is 11.8 Å². The molecule has 0 aliphatic heterocycles. The maximum absolute atomic E-state index is 13.8. The third kappa shape index (κ3) is 6.13. The highest BCUT2D eigenvalue weighted by Crippen LogP contribution is 2.41. The third-order valence-corrected chi connectivity index (χ3v) is 6.82. The second kappa shape index (κ2) is 12.6. The predicted octanol–water partition coefficient (Wildman–Crippen LogP) is 5.29. The predicted molar refractivity (Wildman–Crippen MR) is 135 cm³/mol. The van der Waals surface area contributed by atoms with Crippen molar-refractivity contribution in [3.8, 4) is 34.5 Å². The summed E-state index contributed by atoms with van der Waals surface area (Å²) in [6.45, 7) is 0. The zero-order valence-corrected chi connectivity index (χ0v) is 21.8. The van der Waals surface area contributed by atoms with Crippen molar-refractivity contribution in [1.82, 2.24) is 0 Å². The molecule has 0 radical (unpaired) electrons. The molecule has 35 heavy (non-hydrogen) atoms. The molecule has 0 spiro atoms. The van der Waals surface area contributed by atoms with Gasteiger partial charge in [-0.3, -0.25) is 4.79 Å². The van der Waals surface area contributed by atoms with Gasteiger partial charge in [-0.15, -0.1) is 0 Å². The van der Waals surface area contributed by atoms with Gasteiger partial charge in [-0.25, -0.2) is 0 Å². The Morgan fingerprint density at radius 2 is 0.914 bits per heavy atom. The van der Waals surface area contributed by atoms with Crippen LogP contribution in [0.2, 0.25) is 0 Å². The molecule has 1 aliphatic rings. The molecule has 3 rings (SSSR count). The van der Waals surface area contributed by atoms with Gasteiger partial charge < -0.3 is 28.4 Å². The van der Waals surface area contributed by atoms with Crippen LogP contribution in [-0.2, 0) is 17.6 Å². The molecule has 7 heteroatoms. The molecule has 2 aromatic carbocycles. The average Bonchev–Trinajstić information content (AvgIpc) is 2.88. The Balaban J connectivity index is 1.87. The lowest BCUT2D eigenvalue weighted by Gasteiger charge is -2.26. The Hall–Kier alpha value is -3.09. The van der Waals surface area contributed by atoms with Crippen LogP contribution in [0.5, 0.6) is 34.5 Å². The summed E-state index contributed by atoms with van der Waals surface area (Å²) in [4.78, 5) is 13.8. The van der Waals surface area contributed by atoms with Crippen molar-refractivity contribution in [3.63, 3.8) is 0 Å². The number of Topliss-reactive ketones (excluding diaryl/α,β-unsaturated/α-hetero) is 1. The van der Waals surface area contributed by atoms with E-state index in [-0.39, 0.29) is 11.8 Å². The van der Waals surface area contributed by atoms with Crippen molar-refractivity contribution >= 4 is 5.78 Å². The lowest BCUT2D eigenvalue weighted by atomic mass is 9.78. The van der Waals surface area contributed by atoms with Crippen LogP contribution in [0.25, 0.3) is 0 Å². The molecule has 0 aromatic heterocycles. The van der Waals surface area contributed by atoms with Gasteiger partial charge in [-0.2, -0.15) is 0 Å². The van der Waals surface area contributed by atoms with E-state index in [0.717, 1.165) is 43.2 Å². The molecule has 1 saturated carbocycles. The maximum atomic E-state index is 13.8. The van der Waals surface area contributed by atoms with Crippen LogP contribution < -0.4 is 28.4 Å². The first kappa shape index (κ1) is 26.5. The number of rotatable bonds is 10. The summed E-state index contributed by atoms with van der Waals surface area (Å²) in [7, 11) is 9.61. The highest BCUT2D eigenvalue weighted by atomic mass is 16.5. The second-order valence-corrected chi connectivity index (χ2v) is 8.91. The number of ether oxygens (including phenoxy) is 6. The number of methoxy groups -OCH3 is 6. The van der Waals surface area contributed by atoms with Gasteiger partial charge >= 0.3 is 0 Å². The van der Waals surface area contributed by atoms with E-state index < -0.39 is 0 Å². The SMILES string of the molecule is COc1cc(CC2CCCCCC(Cc3cc(OC)c(OC)c(OC)c3)C2=O)cc(OC)c1OC. The zero-order valence-electron chi connectivity index (χ0n) is 21.8. The molecule has 0 heterocycles. The molecule has 0 bridgehead atoms. The van der Waals surface area contributed by atoms with Crippen molar-refractivity contribution in [2.45, 2.75) is 44.9 Å². The molecular weight excluding hydrogens is 448 g/mol. The minimum atomic E-state index is -0.0647. The number of benzene rings is 2. The molecule has 0 amide bonds. The Morgan fingerprint density at radius 3 is 1.20 bits per heavy atom. The van der Waals surface area contributed by atoms with Crippen LogP contribution in [0.3, 0.4) is 0 Å². The lowest BCUT2D eigenvalue weighted by molar-refractivity contribution is -0.127. The van der Waals surface area contributed by atoms with Crippen LogP contribution in [0.15, 0.2) is 24.3 Å². The van der Waals surface area contributed by atoms with Gasteiger partial charge in [0.1, 0.15) is 5.78 Å². The molecule has 2 unspecified atom stereocenters. The second-order valence-electron chi connectivity index (χ2n) is 8.91. The van der Waals surface area contributed by atoms with E-state index in [9.17, 15) is 4.79 Å². The molecule has 7 nitrogen and oxygen atoms in total. The highest BCUT2D eigenvalue weighted by molar-refractivity contribution is 5.84. The van der Waals surface area contributed by atoms with Gasteiger partial charge in [0.2, 0.25) is 11.5 Å². The van der Waals surface area contributed by atoms with Crippen molar-refractivity contribution in [2.24, 2.45) is 11.8 Å². The monoisotopic (exact) mass is 486 g/mol. The largest absolute Gasteiger partial charge is 0.493 e. The van der Waals surface area contributed by atoms with E-state index in [0.29, 0.717) is 53.1 Å². The van der Waals surface area contributed by atoms with Crippen LogP contribution in [0.4, 0.5) is 0 Å². The highest BCUT2D eigenvalue weighted by Gasteiger charge is 2.30. The normalized spacial score (nSPS) is 18.3. The third-order valence-electron chi connectivity index (χ3n) is 6.82. The first-order valence-electron chi connectivity index (χ1n) is 12.1. The standard InChI is InChI=1S/C28H38O7/c1-30-22-14-18(15-23(31-2)27(22)34-5)12-20-10-8-7-9-11-21(26(20)29)13-19-16-24(32-3)28(35-6)25(17-19)33-4/h14-17,20-21H,7-13H2,1-6H3. The summed E-state index contributed by atoms with van der Waals surface area (Å²) in [5.41, 5.74) is 2.01. The fourth-order valence-electron chi connectivity index (χ4n) is 5.06. The van der Waals surface area contributed by atoms with Crippen LogP contribution in [0.1, 0.15) is 43.2 Å². The number of hydrogen-bond donors (Lipinski definition) is 0. The number of ketones is 1. The smallest absolute Gasteiger partial charge is 0.203 e. The molecule has 1 aliphatic carbocycles. The van der Waals surface area contributed by atoms with Crippen molar-refractivity contribution in [1.29, 1.82) is 0 Å². The minimum Gasteiger partial charge on any atom is -0.493 e. The van der Waals surface area contributed by atoms with E-state index in [1.54, 1.807) is 42.7 Å².